The highest BCUT2D eigenvalue weighted by molar-refractivity contribution is 7.98. The summed E-state index contributed by atoms with van der Waals surface area (Å²) in [6.07, 6.45) is 4.36. The predicted molar refractivity (Wildman–Crippen MR) is 96.8 cm³/mol. The van der Waals surface area contributed by atoms with Gasteiger partial charge in [0.05, 0.1) is 11.7 Å². The first-order valence-electron chi connectivity index (χ1n) is 7.65. The number of fused-ring (bicyclic) bond motifs is 1. The third kappa shape index (κ3) is 4.36. The van der Waals surface area contributed by atoms with E-state index in [0.717, 1.165) is 27.7 Å². The van der Waals surface area contributed by atoms with E-state index in [1.54, 1.807) is 35.2 Å². The summed E-state index contributed by atoms with van der Waals surface area (Å²) in [5.74, 6) is 1.30. The molecule has 0 fully saturated rings. The maximum Gasteiger partial charge on any atom is 0.221 e. The lowest BCUT2D eigenvalue weighted by Gasteiger charge is -2.11. The highest BCUT2D eigenvalue weighted by Gasteiger charge is 2.13. The first-order chi connectivity index (χ1) is 11.6. The number of thiazole rings is 1. The molecule has 0 saturated heterocycles. The Bertz CT molecular complexity index is 784. The molecule has 0 radical (unpaired) electrons. The lowest BCUT2D eigenvalue weighted by Crippen LogP contribution is -2.27. The number of rotatable bonds is 7. The van der Waals surface area contributed by atoms with E-state index < -0.39 is 0 Å². The van der Waals surface area contributed by atoms with Gasteiger partial charge in [-0.25, -0.2) is 9.37 Å². The Morgan fingerprint density at radius 3 is 2.96 bits per heavy atom. The van der Waals surface area contributed by atoms with Crippen molar-refractivity contribution >= 4 is 34.0 Å². The Labute approximate surface area is 148 Å². The maximum absolute atomic E-state index is 12.8. The summed E-state index contributed by atoms with van der Waals surface area (Å²) in [4.78, 5) is 17.5. The van der Waals surface area contributed by atoms with Gasteiger partial charge < -0.3 is 5.32 Å². The molecule has 1 N–H and O–H groups in total. The molecule has 3 aromatic rings. The van der Waals surface area contributed by atoms with Crippen LogP contribution in [0, 0.1) is 5.82 Å². The molecule has 2 heterocycles. The van der Waals surface area contributed by atoms with Gasteiger partial charge >= 0.3 is 0 Å². The number of hydrogen-bond acceptors (Lipinski definition) is 4. The second-order valence-electron chi connectivity index (χ2n) is 5.48. The predicted octanol–water partition coefficient (Wildman–Crippen LogP) is 4.04. The molecule has 7 heteroatoms. The standard InChI is InChI=1S/C17H18FN3OS2/c1-12(15-10-21-7-9-24-17(21)20-15)19-16(22)6-8-23-11-13-2-4-14(18)5-3-13/h2-5,7,9-10,12H,6,8,11H2,1H3,(H,19,22)/t12-/m1/s1. The van der Waals surface area contributed by atoms with E-state index >= 15 is 0 Å². The second kappa shape index (κ2) is 7.81. The average Bonchev–Trinajstić information content (AvgIpc) is 3.15. The summed E-state index contributed by atoms with van der Waals surface area (Å²) in [5, 5.41) is 4.96. The van der Waals surface area contributed by atoms with E-state index in [-0.39, 0.29) is 17.8 Å². The van der Waals surface area contributed by atoms with Crippen molar-refractivity contribution in [1.29, 1.82) is 0 Å². The van der Waals surface area contributed by atoms with Crippen molar-refractivity contribution in [2.75, 3.05) is 5.75 Å². The van der Waals surface area contributed by atoms with Crippen LogP contribution in [0.4, 0.5) is 4.39 Å². The summed E-state index contributed by atoms with van der Waals surface area (Å²) in [6.45, 7) is 1.94. The third-order valence-electron chi connectivity index (χ3n) is 3.59. The van der Waals surface area contributed by atoms with Gasteiger partial charge in [0.25, 0.3) is 0 Å². The number of thioether (sulfide) groups is 1. The monoisotopic (exact) mass is 363 g/mol. The summed E-state index contributed by atoms with van der Waals surface area (Å²) in [5.41, 5.74) is 1.93. The first kappa shape index (κ1) is 17.0. The average molecular weight is 363 g/mol. The van der Waals surface area contributed by atoms with Crippen molar-refractivity contribution in [2.24, 2.45) is 0 Å². The van der Waals surface area contributed by atoms with Crippen LogP contribution in [0.3, 0.4) is 0 Å². The highest BCUT2D eigenvalue weighted by Crippen LogP contribution is 2.17. The Hall–Kier alpha value is -1.86. The molecule has 0 aliphatic rings. The summed E-state index contributed by atoms with van der Waals surface area (Å²) in [6, 6.07) is 6.36. The minimum absolute atomic E-state index is 0.0189. The zero-order valence-corrected chi connectivity index (χ0v) is 14.9. The van der Waals surface area contributed by atoms with Crippen LogP contribution in [0.25, 0.3) is 4.96 Å². The maximum atomic E-state index is 12.8. The fourth-order valence-electron chi connectivity index (χ4n) is 2.28. The van der Waals surface area contributed by atoms with E-state index in [1.165, 1.54) is 12.1 Å². The molecule has 1 aromatic carbocycles. The molecule has 4 nitrogen and oxygen atoms in total. The second-order valence-corrected chi connectivity index (χ2v) is 7.46. The smallest absolute Gasteiger partial charge is 0.221 e. The zero-order chi connectivity index (χ0) is 16.9. The fourth-order valence-corrected chi connectivity index (χ4v) is 3.89. The van der Waals surface area contributed by atoms with Crippen LogP contribution in [0.15, 0.2) is 42.0 Å². The zero-order valence-electron chi connectivity index (χ0n) is 13.2. The number of nitrogens with zero attached hydrogens (tertiary/aromatic N) is 2. The molecule has 0 bridgehead atoms. The number of nitrogens with one attached hydrogen (secondary N) is 1. The van der Waals surface area contributed by atoms with Crippen molar-refractivity contribution in [1.82, 2.24) is 14.7 Å². The number of imidazole rings is 1. The molecular weight excluding hydrogens is 345 g/mol. The normalized spacial score (nSPS) is 12.4. The number of benzene rings is 1. The molecule has 24 heavy (non-hydrogen) atoms. The third-order valence-corrected chi connectivity index (χ3v) is 5.39. The molecule has 2 aromatic heterocycles. The van der Waals surface area contributed by atoms with Crippen LogP contribution in [0.5, 0.6) is 0 Å². The number of carbonyl (C=O) groups is 1. The van der Waals surface area contributed by atoms with E-state index in [0.29, 0.717) is 6.42 Å². The molecule has 0 unspecified atom stereocenters. The number of amides is 1. The van der Waals surface area contributed by atoms with Crippen LogP contribution in [-0.4, -0.2) is 21.0 Å². The Kier molecular flexibility index (Phi) is 5.52. The van der Waals surface area contributed by atoms with Crippen LogP contribution < -0.4 is 5.32 Å². The Morgan fingerprint density at radius 2 is 2.21 bits per heavy atom. The molecule has 3 rings (SSSR count). The lowest BCUT2D eigenvalue weighted by molar-refractivity contribution is -0.121. The fraction of sp³-hybridized carbons (Fsp3) is 0.294. The molecule has 0 spiro atoms. The van der Waals surface area contributed by atoms with Crippen molar-refractivity contribution in [3.8, 4) is 0 Å². The highest BCUT2D eigenvalue weighted by atomic mass is 32.2. The van der Waals surface area contributed by atoms with Gasteiger partial charge in [-0.05, 0) is 24.6 Å². The molecule has 1 amide bonds. The number of aromatic nitrogens is 2. The van der Waals surface area contributed by atoms with E-state index in [1.807, 2.05) is 29.1 Å². The van der Waals surface area contributed by atoms with Gasteiger partial charge in [0.15, 0.2) is 4.96 Å². The lowest BCUT2D eigenvalue weighted by atomic mass is 10.2. The van der Waals surface area contributed by atoms with Crippen LogP contribution >= 0.6 is 23.1 Å². The summed E-state index contributed by atoms with van der Waals surface area (Å²) >= 11 is 3.24. The van der Waals surface area contributed by atoms with Crippen molar-refractivity contribution in [2.45, 2.75) is 25.1 Å². The topological polar surface area (TPSA) is 46.4 Å². The van der Waals surface area contributed by atoms with Gasteiger partial charge in [-0.2, -0.15) is 11.8 Å². The summed E-state index contributed by atoms with van der Waals surface area (Å²) in [7, 11) is 0. The van der Waals surface area contributed by atoms with Gasteiger partial charge in [0.1, 0.15) is 5.82 Å². The minimum atomic E-state index is -0.226. The first-order valence-corrected chi connectivity index (χ1v) is 9.69. The quantitative estimate of drug-likeness (QED) is 0.645. The number of halogens is 1. The molecule has 0 aliphatic heterocycles. The van der Waals surface area contributed by atoms with Crippen LogP contribution in [0.2, 0.25) is 0 Å². The Balaban J connectivity index is 1.40. The van der Waals surface area contributed by atoms with E-state index in [2.05, 4.69) is 10.3 Å². The van der Waals surface area contributed by atoms with Crippen molar-refractivity contribution in [3.05, 3.63) is 59.1 Å². The minimum Gasteiger partial charge on any atom is -0.348 e. The van der Waals surface area contributed by atoms with Gasteiger partial charge in [0, 0.05) is 35.7 Å². The van der Waals surface area contributed by atoms with Gasteiger partial charge in [-0.1, -0.05) is 12.1 Å². The number of hydrogen-bond donors (Lipinski definition) is 1. The van der Waals surface area contributed by atoms with Crippen LogP contribution in [0.1, 0.15) is 30.6 Å². The van der Waals surface area contributed by atoms with Crippen molar-refractivity contribution < 1.29 is 9.18 Å². The molecule has 0 aliphatic carbocycles. The van der Waals surface area contributed by atoms with Crippen LogP contribution in [-0.2, 0) is 10.5 Å². The Morgan fingerprint density at radius 1 is 1.42 bits per heavy atom. The van der Waals surface area contributed by atoms with Crippen molar-refractivity contribution in [3.63, 3.8) is 0 Å². The van der Waals surface area contributed by atoms with E-state index in [9.17, 15) is 9.18 Å². The molecule has 0 saturated carbocycles. The molecule has 126 valence electrons. The van der Waals surface area contributed by atoms with E-state index in [4.69, 9.17) is 0 Å². The van der Waals surface area contributed by atoms with Gasteiger partial charge in [-0.3, -0.25) is 9.20 Å². The molecular formula is C17H18FN3OS2. The number of carbonyl (C=O) groups excluding carboxylic acids is 1. The summed E-state index contributed by atoms with van der Waals surface area (Å²) < 4.78 is 14.8. The van der Waals surface area contributed by atoms with Gasteiger partial charge in [0.2, 0.25) is 5.91 Å². The van der Waals surface area contributed by atoms with Gasteiger partial charge in [-0.15, -0.1) is 11.3 Å². The molecule has 1 atom stereocenters. The largest absolute Gasteiger partial charge is 0.348 e. The SMILES string of the molecule is C[C@@H](NC(=O)CCSCc1ccc(F)cc1)c1cn2ccsc2n1.